The number of fused-ring (bicyclic) bond motifs is 1. The van der Waals surface area contributed by atoms with E-state index in [4.69, 9.17) is 18.2 Å². The Kier molecular flexibility index (Phi) is 4.92. The van der Waals surface area contributed by atoms with Crippen molar-refractivity contribution >= 4 is 28.2 Å². The Morgan fingerprint density at radius 3 is 1.87 bits per heavy atom. The average molecular weight is 418 g/mol. The van der Waals surface area contributed by atoms with E-state index in [-0.39, 0.29) is 5.28 Å². The number of rotatable bonds is 3. The second-order valence-corrected chi connectivity index (χ2v) is 7.51. The molecule has 1 heterocycles. The largest absolute Gasteiger partial charge is 0.238 e. The van der Waals surface area contributed by atoms with Gasteiger partial charge in [-0.25, -0.2) is 14.8 Å². The summed E-state index contributed by atoms with van der Waals surface area (Å²) in [7, 11) is 0. The molecule has 0 aliphatic heterocycles. The van der Waals surface area contributed by atoms with Crippen LogP contribution in [0.25, 0.3) is 49.3 Å². The second kappa shape index (κ2) is 8.02. The number of halogens is 1. The van der Waals surface area contributed by atoms with Crippen molar-refractivity contribution in [2.75, 3.05) is 0 Å². The molecule has 0 N–H and O–H groups in total. The van der Waals surface area contributed by atoms with Gasteiger partial charge in [0, 0.05) is 5.39 Å². The Bertz CT molecular complexity index is 1420. The smallest absolute Gasteiger partial charge is 0.223 e. The van der Waals surface area contributed by atoms with E-state index in [9.17, 15) is 0 Å². The average Bonchev–Trinajstić information content (AvgIpc) is 2.84. The molecule has 146 valence electrons. The van der Waals surface area contributed by atoms with E-state index in [1.54, 1.807) is 12.1 Å². The fourth-order valence-corrected chi connectivity index (χ4v) is 3.85. The zero-order valence-electron chi connectivity index (χ0n) is 16.5. The van der Waals surface area contributed by atoms with Crippen LogP contribution in [0.1, 0.15) is 0 Å². The molecule has 5 rings (SSSR count). The fraction of sp³-hybridized carbons (Fsp3) is 0. The molecule has 4 heteroatoms. The topological polar surface area (TPSA) is 30.1 Å². The van der Waals surface area contributed by atoms with Crippen LogP contribution in [0.15, 0.2) is 97.1 Å². The van der Waals surface area contributed by atoms with Crippen LogP contribution in [0.5, 0.6) is 0 Å². The lowest BCUT2D eigenvalue weighted by molar-refractivity contribution is 1.22. The summed E-state index contributed by atoms with van der Waals surface area (Å²) in [4.78, 5) is 12.3. The predicted octanol–water partition coefficient (Wildman–Crippen LogP) is 7.83. The molecule has 0 spiro atoms. The van der Waals surface area contributed by atoms with Crippen molar-refractivity contribution in [1.82, 2.24) is 9.97 Å². The van der Waals surface area contributed by atoms with Crippen LogP contribution < -0.4 is 0 Å². The molecule has 0 radical (unpaired) electrons. The molecule has 4 aromatic carbocycles. The Hall–Kier alpha value is -4.00. The van der Waals surface area contributed by atoms with Crippen LogP contribution in [-0.4, -0.2) is 9.97 Å². The molecule has 0 atom stereocenters. The number of nitrogens with zero attached hydrogens (tertiary/aromatic N) is 3. The second-order valence-electron chi connectivity index (χ2n) is 7.18. The third-order valence-corrected chi connectivity index (χ3v) is 5.43. The number of hydrogen-bond donors (Lipinski definition) is 0. The maximum Gasteiger partial charge on any atom is 0.223 e. The van der Waals surface area contributed by atoms with Crippen LogP contribution in [0.4, 0.5) is 5.69 Å². The van der Waals surface area contributed by atoms with Gasteiger partial charge in [-0.15, -0.1) is 0 Å². The summed E-state index contributed by atoms with van der Waals surface area (Å²) in [6.07, 6.45) is 0. The Morgan fingerprint density at radius 1 is 0.613 bits per heavy atom. The Balaban J connectivity index is 1.59. The zero-order chi connectivity index (χ0) is 21.2. The molecule has 0 fully saturated rings. The first-order valence-corrected chi connectivity index (χ1v) is 10.2. The van der Waals surface area contributed by atoms with E-state index in [1.165, 1.54) is 11.1 Å². The zero-order valence-corrected chi connectivity index (χ0v) is 17.2. The first-order chi connectivity index (χ1) is 15.2. The minimum Gasteiger partial charge on any atom is -0.238 e. The van der Waals surface area contributed by atoms with E-state index in [0.717, 1.165) is 33.3 Å². The highest BCUT2D eigenvalue weighted by molar-refractivity contribution is 6.28. The third kappa shape index (κ3) is 3.77. The molecule has 0 bridgehead atoms. The summed E-state index contributed by atoms with van der Waals surface area (Å²) in [5.74, 6) is 0. The summed E-state index contributed by atoms with van der Waals surface area (Å²) >= 11 is 6.19. The van der Waals surface area contributed by atoms with Crippen LogP contribution in [0, 0.1) is 6.57 Å². The van der Waals surface area contributed by atoms with Gasteiger partial charge in [-0.2, -0.15) is 0 Å². The highest BCUT2D eigenvalue weighted by atomic mass is 35.5. The van der Waals surface area contributed by atoms with Crippen molar-refractivity contribution in [2.45, 2.75) is 0 Å². The van der Waals surface area contributed by atoms with Gasteiger partial charge in [-0.3, -0.25) is 0 Å². The fourth-order valence-electron chi connectivity index (χ4n) is 3.68. The number of hydrogen-bond acceptors (Lipinski definition) is 2. The standard InChI is InChI=1S/C27H16ClN3/c1-29-23-14-11-21(12-15-23)26-24-17-22(13-16-25(24)30-27(28)31-26)20-9-7-19(8-10-20)18-5-3-2-4-6-18/h2-17H. The molecule has 0 saturated heterocycles. The minimum absolute atomic E-state index is 0.205. The maximum absolute atomic E-state index is 7.16. The van der Waals surface area contributed by atoms with E-state index >= 15 is 0 Å². The highest BCUT2D eigenvalue weighted by Gasteiger charge is 2.11. The highest BCUT2D eigenvalue weighted by Crippen LogP contribution is 2.32. The van der Waals surface area contributed by atoms with Gasteiger partial charge in [0.1, 0.15) is 0 Å². The van der Waals surface area contributed by atoms with E-state index in [0.29, 0.717) is 5.69 Å². The molecule has 5 aromatic rings. The van der Waals surface area contributed by atoms with Gasteiger partial charge >= 0.3 is 0 Å². The van der Waals surface area contributed by atoms with E-state index < -0.39 is 0 Å². The van der Waals surface area contributed by atoms with Crippen molar-refractivity contribution in [3.63, 3.8) is 0 Å². The van der Waals surface area contributed by atoms with Gasteiger partial charge < -0.3 is 0 Å². The van der Waals surface area contributed by atoms with Crippen LogP contribution in [0.3, 0.4) is 0 Å². The third-order valence-electron chi connectivity index (χ3n) is 5.26. The van der Waals surface area contributed by atoms with Crippen molar-refractivity contribution in [3.05, 3.63) is 114 Å². The van der Waals surface area contributed by atoms with Gasteiger partial charge in [0.2, 0.25) is 5.28 Å². The molecule has 0 amide bonds. The lowest BCUT2D eigenvalue weighted by Gasteiger charge is -2.10. The van der Waals surface area contributed by atoms with Gasteiger partial charge in [0.25, 0.3) is 0 Å². The molecule has 0 saturated carbocycles. The normalized spacial score (nSPS) is 10.7. The van der Waals surface area contributed by atoms with Crippen molar-refractivity contribution < 1.29 is 0 Å². The molecule has 31 heavy (non-hydrogen) atoms. The van der Waals surface area contributed by atoms with Crippen molar-refractivity contribution in [2.24, 2.45) is 0 Å². The Labute approximate surface area is 185 Å². The van der Waals surface area contributed by atoms with Gasteiger partial charge in [-0.1, -0.05) is 84.9 Å². The number of aromatic nitrogens is 2. The van der Waals surface area contributed by atoms with Gasteiger partial charge in [0.05, 0.1) is 17.8 Å². The maximum atomic E-state index is 7.16. The molecular formula is C27H16ClN3. The first kappa shape index (κ1) is 19.0. The first-order valence-electron chi connectivity index (χ1n) is 9.82. The molecule has 0 unspecified atom stereocenters. The van der Waals surface area contributed by atoms with Gasteiger partial charge in [0.15, 0.2) is 5.69 Å². The summed E-state index contributed by atoms with van der Waals surface area (Å²) in [6, 6.07) is 32.4. The summed E-state index contributed by atoms with van der Waals surface area (Å²) in [6.45, 7) is 7.16. The minimum atomic E-state index is 0.205. The van der Waals surface area contributed by atoms with E-state index in [2.05, 4.69) is 63.3 Å². The molecular weight excluding hydrogens is 402 g/mol. The van der Waals surface area contributed by atoms with Gasteiger partial charge in [-0.05, 0) is 51.6 Å². The van der Waals surface area contributed by atoms with Crippen molar-refractivity contribution in [3.8, 4) is 33.5 Å². The van der Waals surface area contributed by atoms with Crippen molar-refractivity contribution in [1.29, 1.82) is 0 Å². The molecule has 0 aliphatic rings. The van der Waals surface area contributed by atoms with Crippen LogP contribution in [0.2, 0.25) is 5.28 Å². The van der Waals surface area contributed by atoms with Crippen LogP contribution >= 0.6 is 11.6 Å². The Morgan fingerprint density at radius 2 is 1.19 bits per heavy atom. The lowest BCUT2D eigenvalue weighted by Crippen LogP contribution is -1.92. The molecule has 1 aromatic heterocycles. The summed E-state index contributed by atoms with van der Waals surface area (Å²) in [5.41, 5.74) is 7.61. The lowest BCUT2D eigenvalue weighted by atomic mass is 9.98. The monoisotopic (exact) mass is 417 g/mol. The molecule has 3 nitrogen and oxygen atoms in total. The molecule has 0 aliphatic carbocycles. The quantitative estimate of drug-likeness (QED) is 0.221. The number of benzene rings is 4. The predicted molar refractivity (Wildman–Crippen MR) is 127 cm³/mol. The summed E-state index contributed by atoms with van der Waals surface area (Å²) in [5, 5.41) is 1.13. The summed E-state index contributed by atoms with van der Waals surface area (Å²) < 4.78 is 0. The SMILES string of the molecule is [C-]#[N+]c1ccc(-c2nc(Cl)nc3ccc(-c4ccc(-c5ccccc5)cc4)cc23)cc1. The van der Waals surface area contributed by atoms with E-state index in [1.807, 2.05) is 36.4 Å². The van der Waals surface area contributed by atoms with Crippen LogP contribution in [-0.2, 0) is 0 Å².